The topological polar surface area (TPSA) is 68.3 Å². The third-order valence-electron chi connectivity index (χ3n) is 5.82. The second kappa shape index (κ2) is 9.53. The van der Waals surface area contributed by atoms with E-state index < -0.39 is 0 Å². The second-order valence-corrected chi connectivity index (χ2v) is 12.4. The summed E-state index contributed by atoms with van der Waals surface area (Å²) < 4.78 is 7.31. The number of carbonyl (C=O) groups excluding carboxylic acids is 2. The van der Waals surface area contributed by atoms with E-state index in [2.05, 4.69) is 31.1 Å². The molecular weight excluding hydrogens is 460 g/mol. The van der Waals surface area contributed by atoms with Gasteiger partial charge in [0.15, 0.2) is 4.34 Å². The molecule has 1 aliphatic rings. The van der Waals surface area contributed by atoms with Crippen molar-refractivity contribution >= 4 is 61.5 Å². The highest BCUT2D eigenvalue weighted by atomic mass is 32.2. The molecule has 1 atom stereocenters. The molecule has 0 fully saturated rings. The standard InChI is InChI=1S/C24H28N2O3S3/c1-5-29-22(28)20-15-11-10-14(24(2,3)4)12-18(15)31-21(20)26-19(27)13-30-23-25-16-8-6-7-9-17(16)32-23/h6-9,14H,5,10-13H2,1-4H3,(H,26,27)/t14-/m1/s1. The quantitative estimate of drug-likeness (QED) is 0.320. The largest absolute Gasteiger partial charge is 0.462 e. The molecule has 0 aliphatic heterocycles. The van der Waals surface area contributed by atoms with Gasteiger partial charge in [-0.1, -0.05) is 44.7 Å². The molecule has 2 aromatic heterocycles. The Morgan fingerprint density at radius 2 is 2.03 bits per heavy atom. The van der Waals surface area contributed by atoms with Crippen LogP contribution in [0, 0.1) is 11.3 Å². The molecule has 170 valence electrons. The molecule has 0 bridgehead atoms. The minimum Gasteiger partial charge on any atom is -0.462 e. The Morgan fingerprint density at radius 3 is 2.75 bits per heavy atom. The minimum absolute atomic E-state index is 0.134. The van der Waals surface area contributed by atoms with Crippen molar-refractivity contribution in [2.24, 2.45) is 11.3 Å². The number of thiophene rings is 1. The van der Waals surface area contributed by atoms with Gasteiger partial charge in [-0.2, -0.15) is 0 Å². The van der Waals surface area contributed by atoms with Gasteiger partial charge in [0.05, 0.1) is 28.1 Å². The third kappa shape index (κ3) is 5.02. The van der Waals surface area contributed by atoms with Gasteiger partial charge in [-0.05, 0) is 55.2 Å². The predicted molar refractivity (Wildman–Crippen MR) is 134 cm³/mol. The fourth-order valence-corrected chi connectivity index (χ4v) is 7.24. The van der Waals surface area contributed by atoms with Gasteiger partial charge in [-0.15, -0.1) is 22.7 Å². The number of para-hydroxylation sites is 1. The van der Waals surface area contributed by atoms with E-state index in [1.807, 2.05) is 24.3 Å². The third-order valence-corrected chi connectivity index (χ3v) is 9.17. The summed E-state index contributed by atoms with van der Waals surface area (Å²) in [7, 11) is 0. The molecule has 0 saturated heterocycles. The number of thiazole rings is 1. The van der Waals surface area contributed by atoms with Crippen LogP contribution >= 0.6 is 34.4 Å². The fourth-order valence-electron chi connectivity index (χ4n) is 4.04. The number of benzene rings is 1. The molecule has 1 amide bonds. The van der Waals surface area contributed by atoms with Crippen molar-refractivity contribution in [1.82, 2.24) is 4.98 Å². The van der Waals surface area contributed by atoms with Crippen LogP contribution in [-0.2, 0) is 22.4 Å². The average Bonchev–Trinajstić information content (AvgIpc) is 3.31. The van der Waals surface area contributed by atoms with E-state index in [9.17, 15) is 9.59 Å². The van der Waals surface area contributed by atoms with Crippen LogP contribution < -0.4 is 5.32 Å². The van der Waals surface area contributed by atoms with Crippen molar-refractivity contribution in [3.05, 3.63) is 40.3 Å². The molecule has 0 radical (unpaired) electrons. The highest BCUT2D eigenvalue weighted by Crippen LogP contribution is 2.44. The molecule has 0 spiro atoms. The Morgan fingerprint density at radius 1 is 1.25 bits per heavy atom. The molecule has 32 heavy (non-hydrogen) atoms. The van der Waals surface area contributed by atoms with Crippen LogP contribution in [0.5, 0.6) is 0 Å². The van der Waals surface area contributed by atoms with Crippen LogP contribution in [-0.4, -0.2) is 29.2 Å². The van der Waals surface area contributed by atoms with E-state index in [-0.39, 0.29) is 23.0 Å². The first kappa shape index (κ1) is 23.3. The Bertz CT molecular complexity index is 1110. The summed E-state index contributed by atoms with van der Waals surface area (Å²) in [5, 5.41) is 3.62. The number of nitrogens with one attached hydrogen (secondary N) is 1. The number of aromatic nitrogens is 1. The number of fused-ring (bicyclic) bond motifs is 2. The molecule has 4 rings (SSSR count). The van der Waals surface area contributed by atoms with Crippen LogP contribution in [0.15, 0.2) is 28.6 Å². The summed E-state index contributed by atoms with van der Waals surface area (Å²) in [4.78, 5) is 31.3. The first-order chi connectivity index (χ1) is 15.3. The molecule has 0 saturated carbocycles. The molecular formula is C24H28N2O3S3. The van der Waals surface area contributed by atoms with Gasteiger partial charge in [0.2, 0.25) is 5.91 Å². The lowest BCUT2D eigenvalue weighted by atomic mass is 9.72. The summed E-state index contributed by atoms with van der Waals surface area (Å²) >= 11 is 4.54. The van der Waals surface area contributed by atoms with Crippen molar-refractivity contribution in [3.8, 4) is 0 Å². The van der Waals surface area contributed by atoms with E-state index in [4.69, 9.17) is 4.74 Å². The Balaban J connectivity index is 1.50. The highest BCUT2D eigenvalue weighted by Gasteiger charge is 2.34. The monoisotopic (exact) mass is 488 g/mol. The van der Waals surface area contributed by atoms with Gasteiger partial charge in [0.25, 0.3) is 0 Å². The number of esters is 1. The summed E-state index contributed by atoms with van der Waals surface area (Å²) in [5.74, 6) is 0.330. The maximum atomic E-state index is 12.8. The number of hydrogen-bond donors (Lipinski definition) is 1. The lowest BCUT2D eigenvalue weighted by Crippen LogP contribution is -2.26. The van der Waals surface area contributed by atoms with Crippen LogP contribution in [0.2, 0.25) is 0 Å². The Labute approximate surface area is 201 Å². The van der Waals surface area contributed by atoms with Crippen molar-refractivity contribution < 1.29 is 14.3 Å². The number of thioether (sulfide) groups is 1. The van der Waals surface area contributed by atoms with Gasteiger partial charge in [-0.25, -0.2) is 9.78 Å². The van der Waals surface area contributed by atoms with Gasteiger partial charge >= 0.3 is 5.97 Å². The lowest BCUT2D eigenvalue weighted by molar-refractivity contribution is -0.113. The second-order valence-electron chi connectivity index (χ2n) is 9.02. The molecule has 1 aliphatic carbocycles. The first-order valence-electron chi connectivity index (χ1n) is 10.9. The van der Waals surface area contributed by atoms with Crippen LogP contribution in [0.3, 0.4) is 0 Å². The normalized spacial score (nSPS) is 16.1. The van der Waals surface area contributed by atoms with Gasteiger partial charge in [0, 0.05) is 4.88 Å². The zero-order valence-electron chi connectivity index (χ0n) is 18.8. The highest BCUT2D eigenvalue weighted by molar-refractivity contribution is 8.01. The number of ether oxygens (including phenoxy) is 1. The molecule has 2 heterocycles. The van der Waals surface area contributed by atoms with Crippen LogP contribution in [0.25, 0.3) is 10.2 Å². The number of hydrogen-bond acceptors (Lipinski definition) is 7. The maximum absolute atomic E-state index is 12.8. The van der Waals surface area contributed by atoms with Gasteiger partial charge in [0.1, 0.15) is 5.00 Å². The van der Waals surface area contributed by atoms with E-state index in [1.165, 1.54) is 28.0 Å². The van der Waals surface area contributed by atoms with E-state index in [0.29, 0.717) is 23.1 Å². The zero-order chi connectivity index (χ0) is 22.9. The number of amides is 1. The van der Waals surface area contributed by atoms with Crippen molar-refractivity contribution in [2.45, 2.75) is 51.3 Å². The Hall–Kier alpha value is -1.90. The summed E-state index contributed by atoms with van der Waals surface area (Å²) in [6.45, 7) is 8.92. The van der Waals surface area contributed by atoms with Crippen LogP contribution in [0.1, 0.15) is 54.9 Å². The first-order valence-corrected chi connectivity index (χ1v) is 13.5. The lowest BCUT2D eigenvalue weighted by Gasteiger charge is -2.33. The average molecular weight is 489 g/mol. The number of rotatable bonds is 6. The summed E-state index contributed by atoms with van der Waals surface area (Å²) in [5.41, 5.74) is 2.77. The number of nitrogens with zero attached hydrogens (tertiary/aromatic N) is 1. The SMILES string of the molecule is CCOC(=O)c1c(NC(=O)CSc2nc3ccccc3s2)sc2c1CC[C@@H](C(C)(C)C)C2. The van der Waals surface area contributed by atoms with E-state index in [0.717, 1.165) is 39.4 Å². The molecule has 0 unspecified atom stereocenters. The predicted octanol–water partition coefficient (Wildman–Crippen LogP) is 6.42. The van der Waals surface area contributed by atoms with Crippen LogP contribution in [0.4, 0.5) is 5.00 Å². The molecule has 3 aromatic rings. The van der Waals surface area contributed by atoms with Gasteiger partial charge < -0.3 is 10.1 Å². The van der Waals surface area contributed by atoms with Crippen molar-refractivity contribution in [2.75, 3.05) is 17.7 Å². The summed E-state index contributed by atoms with van der Waals surface area (Å²) in [6, 6.07) is 7.95. The summed E-state index contributed by atoms with van der Waals surface area (Å²) in [6.07, 6.45) is 2.82. The van der Waals surface area contributed by atoms with Crippen molar-refractivity contribution in [1.29, 1.82) is 0 Å². The zero-order valence-corrected chi connectivity index (χ0v) is 21.3. The van der Waals surface area contributed by atoms with E-state index in [1.54, 1.807) is 18.3 Å². The number of carbonyl (C=O) groups is 2. The van der Waals surface area contributed by atoms with Crippen molar-refractivity contribution in [3.63, 3.8) is 0 Å². The smallest absolute Gasteiger partial charge is 0.341 e. The molecule has 5 nitrogen and oxygen atoms in total. The molecule has 1 N–H and O–H groups in total. The maximum Gasteiger partial charge on any atom is 0.341 e. The van der Waals surface area contributed by atoms with E-state index >= 15 is 0 Å². The van der Waals surface area contributed by atoms with Gasteiger partial charge in [-0.3, -0.25) is 4.79 Å². The molecule has 8 heteroatoms. The minimum atomic E-state index is -0.340. The molecule has 1 aromatic carbocycles. The Kier molecular flexibility index (Phi) is 6.93. The number of anilines is 1. The fraction of sp³-hybridized carbons (Fsp3) is 0.458.